The molecule has 1 aromatic rings. The predicted octanol–water partition coefficient (Wildman–Crippen LogP) is 2.22. The number of sulfonamides is 1. The van der Waals surface area contributed by atoms with E-state index in [2.05, 4.69) is 15.9 Å². The summed E-state index contributed by atoms with van der Waals surface area (Å²) in [5.74, 6) is -0.211. The number of ether oxygens (including phenoxy) is 1. The van der Waals surface area contributed by atoms with Crippen molar-refractivity contribution in [2.24, 2.45) is 5.92 Å². The summed E-state index contributed by atoms with van der Waals surface area (Å²) in [5.41, 5.74) is 5.80. The van der Waals surface area contributed by atoms with Crippen LogP contribution in [-0.4, -0.2) is 39.5 Å². The molecule has 0 spiro atoms. The van der Waals surface area contributed by atoms with Gasteiger partial charge >= 0.3 is 0 Å². The second kappa shape index (κ2) is 6.60. The van der Waals surface area contributed by atoms with Gasteiger partial charge in [-0.2, -0.15) is 4.31 Å². The molecule has 118 valence electrons. The van der Waals surface area contributed by atoms with Crippen LogP contribution in [0.2, 0.25) is 0 Å². The summed E-state index contributed by atoms with van der Waals surface area (Å²) >= 11 is 3.06. The minimum Gasteiger partial charge on any atom is -0.398 e. The number of nitrogens with two attached hydrogens (primary N) is 1. The number of halogens is 2. The maximum atomic E-state index is 13.9. The van der Waals surface area contributed by atoms with E-state index in [9.17, 15) is 12.8 Å². The van der Waals surface area contributed by atoms with Crippen molar-refractivity contribution in [2.75, 3.05) is 32.5 Å². The molecule has 5 nitrogen and oxygen atoms in total. The molecular formula is C13H18BrFN2O3S. The Labute approximate surface area is 132 Å². The normalized spacial score (nSPS) is 15.6. The fourth-order valence-corrected chi connectivity index (χ4v) is 3.31. The van der Waals surface area contributed by atoms with Gasteiger partial charge in [0.25, 0.3) is 0 Å². The first-order valence-corrected chi connectivity index (χ1v) is 8.84. The maximum Gasteiger partial charge on any atom is 0.245 e. The Morgan fingerprint density at radius 2 is 2.14 bits per heavy atom. The smallest absolute Gasteiger partial charge is 0.245 e. The minimum absolute atomic E-state index is 0.171. The van der Waals surface area contributed by atoms with E-state index in [0.717, 1.165) is 16.4 Å². The Kier molecular flexibility index (Phi) is 5.24. The first-order valence-electron chi connectivity index (χ1n) is 6.61. The highest BCUT2D eigenvalue weighted by Gasteiger charge is 2.26. The molecule has 2 rings (SSSR count). The number of nitrogens with zero attached hydrogens (tertiary/aromatic N) is 1. The fourth-order valence-electron chi connectivity index (χ4n) is 1.76. The fraction of sp³-hybridized carbons (Fsp3) is 0.538. The first kappa shape index (κ1) is 16.7. The number of benzene rings is 1. The molecule has 0 amide bonds. The highest BCUT2D eigenvalue weighted by Crippen LogP contribution is 2.29. The van der Waals surface area contributed by atoms with Gasteiger partial charge in [-0.1, -0.05) is 0 Å². The Balaban J connectivity index is 2.03. The molecule has 1 aromatic carbocycles. The van der Waals surface area contributed by atoms with Gasteiger partial charge in [0.15, 0.2) is 0 Å². The Bertz CT molecular complexity index is 620. The third-order valence-electron chi connectivity index (χ3n) is 3.34. The van der Waals surface area contributed by atoms with Crippen molar-refractivity contribution in [2.45, 2.75) is 17.7 Å². The third-order valence-corrected chi connectivity index (χ3v) is 5.90. The zero-order valence-electron chi connectivity index (χ0n) is 11.7. The molecule has 0 bridgehead atoms. The van der Waals surface area contributed by atoms with Gasteiger partial charge in [-0.05, 0) is 46.8 Å². The molecule has 1 saturated carbocycles. The molecule has 0 aromatic heterocycles. The number of nitrogen functional groups attached to an aromatic ring is 1. The molecule has 1 fully saturated rings. The summed E-state index contributed by atoms with van der Waals surface area (Å²) in [6.07, 6.45) is 2.36. The van der Waals surface area contributed by atoms with E-state index in [1.165, 1.54) is 19.9 Å². The standard InChI is InChI=1S/C13H18BrFN2O3S/c1-17(4-5-20-8-9-2-3-9)21(18,19)13-7-12(16)10(14)6-11(13)15/h6-7,9H,2-5,8,16H2,1H3. The molecule has 21 heavy (non-hydrogen) atoms. The van der Waals surface area contributed by atoms with Crippen LogP contribution in [0.3, 0.4) is 0 Å². The highest BCUT2D eigenvalue weighted by atomic mass is 79.9. The van der Waals surface area contributed by atoms with Gasteiger partial charge in [0.1, 0.15) is 10.7 Å². The van der Waals surface area contributed by atoms with Gasteiger partial charge in [0.2, 0.25) is 10.0 Å². The second-order valence-electron chi connectivity index (χ2n) is 5.15. The van der Waals surface area contributed by atoms with E-state index in [4.69, 9.17) is 10.5 Å². The lowest BCUT2D eigenvalue weighted by atomic mass is 10.3. The van der Waals surface area contributed by atoms with Gasteiger partial charge in [-0.15, -0.1) is 0 Å². The Morgan fingerprint density at radius 1 is 1.48 bits per heavy atom. The number of likely N-dealkylation sites (N-methyl/N-ethyl adjacent to an activating group) is 1. The van der Waals surface area contributed by atoms with E-state index in [-0.39, 0.29) is 12.2 Å². The molecule has 0 radical (unpaired) electrons. The lowest BCUT2D eigenvalue weighted by molar-refractivity contribution is 0.117. The van der Waals surface area contributed by atoms with Crippen LogP contribution in [-0.2, 0) is 14.8 Å². The van der Waals surface area contributed by atoms with Crippen LogP contribution in [0.1, 0.15) is 12.8 Å². The number of hydrogen-bond donors (Lipinski definition) is 1. The molecule has 0 aliphatic heterocycles. The van der Waals surface area contributed by atoms with E-state index >= 15 is 0 Å². The van der Waals surface area contributed by atoms with E-state index < -0.39 is 20.7 Å². The van der Waals surface area contributed by atoms with Crippen LogP contribution < -0.4 is 5.73 Å². The van der Waals surface area contributed by atoms with Gasteiger partial charge in [-0.3, -0.25) is 0 Å². The number of rotatable bonds is 7. The van der Waals surface area contributed by atoms with Crippen LogP contribution in [0, 0.1) is 11.7 Å². The number of hydrogen-bond acceptors (Lipinski definition) is 4. The molecule has 0 heterocycles. The van der Waals surface area contributed by atoms with Crippen LogP contribution in [0.25, 0.3) is 0 Å². The third kappa shape index (κ3) is 4.15. The van der Waals surface area contributed by atoms with Crippen molar-refractivity contribution < 1.29 is 17.5 Å². The summed E-state index contributed by atoms with van der Waals surface area (Å²) in [6, 6.07) is 2.18. The Morgan fingerprint density at radius 3 is 2.76 bits per heavy atom. The lowest BCUT2D eigenvalue weighted by Crippen LogP contribution is -2.31. The summed E-state index contributed by atoms with van der Waals surface area (Å²) < 4.78 is 45.3. The summed E-state index contributed by atoms with van der Waals surface area (Å²) in [5, 5.41) is 0. The molecule has 0 atom stereocenters. The quantitative estimate of drug-likeness (QED) is 0.581. The van der Waals surface area contributed by atoms with Crippen molar-refractivity contribution >= 4 is 31.6 Å². The van der Waals surface area contributed by atoms with Crippen LogP contribution >= 0.6 is 15.9 Å². The molecule has 8 heteroatoms. The first-order chi connectivity index (χ1) is 9.82. The van der Waals surface area contributed by atoms with Crippen molar-refractivity contribution in [3.63, 3.8) is 0 Å². The average Bonchev–Trinajstić information content (AvgIpc) is 3.22. The largest absolute Gasteiger partial charge is 0.398 e. The number of anilines is 1. The zero-order valence-corrected chi connectivity index (χ0v) is 14.1. The molecule has 0 unspecified atom stereocenters. The monoisotopic (exact) mass is 380 g/mol. The highest BCUT2D eigenvalue weighted by molar-refractivity contribution is 9.10. The summed E-state index contributed by atoms with van der Waals surface area (Å²) in [4.78, 5) is -0.423. The Hall–Kier alpha value is -0.700. The second-order valence-corrected chi connectivity index (χ2v) is 8.02. The van der Waals surface area contributed by atoms with Crippen LogP contribution in [0.15, 0.2) is 21.5 Å². The van der Waals surface area contributed by atoms with Gasteiger partial charge < -0.3 is 10.5 Å². The SMILES string of the molecule is CN(CCOCC1CC1)S(=O)(=O)c1cc(N)c(Br)cc1F. The van der Waals surface area contributed by atoms with E-state index in [1.807, 2.05) is 0 Å². The zero-order chi connectivity index (χ0) is 15.6. The van der Waals surface area contributed by atoms with E-state index in [1.54, 1.807) is 0 Å². The molecule has 1 aliphatic carbocycles. The summed E-state index contributed by atoms with van der Waals surface area (Å²) in [6.45, 7) is 1.12. The topological polar surface area (TPSA) is 72.6 Å². The molecule has 0 saturated heterocycles. The van der Waals surface area contributed by atoms with Crippen molar-refractivity contribution in [1.29, 1.82) is 0 Å². The van der Waals surface area contributed by atoms with Gasteiger partial charge in [0, 0.05) is 30.4 Å². The maximum absolute atomic E-state index is 13.9. The van der Waals surface area contributed by atoms with E-state index in [0.29, 0.717) is 23.6 Å². The summed E-state index contributed by atoms with van der Waals surface area (Å²) in [7, 11) is -2.52. The van der Waals surface area contributed by atoms with Crippen LogP contribution in [0.4, 0.5) is 10.1 Å². The van der Waals surface area contributed by atoms with Crippen molar-refractivity contribution in [3.05, 3.63) is 22.4 Å². The van der Waals surface area contributed by atoms with Crippen LogP contribution in [0.5, 0.6) is 0 Å². The molecular weight excluding hydrogens is 363 g/mol. The van der Waals surface area contributed by atoms with Gasteiger partial charge in [-0.25, -0.2) is 12.8 Å². The van der Waals surface area contributed by atoms with Crippen molar-refractivity contribution in [1.82, 2.24) is 4.31 Å². The molecule has 1 aliphatic rings. The predicted molar refractivity (Wildman–Crippen MR) is 81.9 cm³/mol. The average molecular weight is 381 g/mol. The van der Waals surface area contributed by atoms with Gasteiger partial charge in [0.05, 0.1) is 6.61 Å². The molecule has 2 N–H and O–H groups in total. The lowest BCUT2D eigenvalue weighted by Gasteiger charge is -2.18. The van der Waals surface area contributed by atoms with Crippen molar-refractivity contribution in [3.8, 4) is 0 Å². The minimum atomic E-state index is -3.92.